The van der Waals surface area contributed by atoms with E-state index in [-0.39, 0.29) is 23.8 Å². The molecule has 0 aliphatic carbocycles. The molecule has 9 heteroatoms. The molecule has 0 radical (unpaired) electrons. The minimum absolute atomic E-state index is 0.175. The van der Waals surface area contributed by atoms with Crippen LogP contribution in [0.2, 0.25) is 0 Å². The molecule has 140 valence electrons. The Labute approximate surface area is 158 Å². The van der Waals surface area contributed by atoms with E-state index in [9.17, 15) is 14.0 Å². The van der Waals surface area contributed by atoms with Gasteiger partial charge in [-0.25, -0.2) is 14.2 Å². The van der Waals surface area contributed by atoms with Crippen LogP contribution in [0.4, 0.5) is 10.2 Å². The quantitative estimate of drug-likeness (QED) is 0.677. The molecule has 0 atom stereocenters. The molecular weight excluding hydrogens is 371 g/mol. The summed E-state index contributed by atoms with van der Waals surface area (Å²) in [5.74, 6) is -1.07. The minimum Gasteiger partial charge on any atom is -0.462 e. The molecule has 1 amide bonds. The van der Waals surface area contributed by atoms with Crippen LogP contribution in [0.15, 0.2) is 30.5 Å². The number of aryl methyl sites for hydroxylation is 2. The van der Waals surface area contributed by atoms with Gasteiger partial charge in [0.05, 0.1) is 18.5 Å². The summed E-state index contributed by atoms with van der Waals surface area (Å²) in [6.45, 7) is 3.63. The zero-order chi connectivity index (χ0) is 19.6. The van der Waals surface area contributed by atoms with Crippen LogP contribution in [0.25, 0.3) is 10.6 Å². The molecule has 0 saturated heterocycles. The summed E-state index contributed by atoms with van der Waals surface area (Å²) >= 11 is 1.19. The number of aromatic nitrogens is 3. The SMILES string of the molecule is CCOC(=O)c1cnn(C)c1NC(=O)c1sc(-c2ccc(F)cc2)nc1C. The fourth-order valence-electron chi connectivity index (χ4n) is 2.43. The number of hydrogen-bond acceptors (Lipinski definition) is 6. The Morgan fingerprint density at radius 3 is 2.67 bits per heavy atom. The Hall–Kier alpha value is -3.07. The third kappa shape index (κ3) is 3.87. The molecule has 1 N–H and O–H groups in total. The van der Waals surface area contributed by atoms with Crippen LogP contribution in [0.5, 0.6) is 0 Å². The first kappa shape index (κ1) is 18.7. The van der Waals surface area contributed by atoms with Gasteiger partial charge in [-0.3, -0.25) is 9.48 Å². The van der Waals surface area contributed by atoms with Gasteiger partial charge in [-0.15, -0.1) is 11.3 Å². The fraction of sp³-hybridized carbons (Fsp3) is 0.222. The topological polar surface area (TPSA) is 86.1 Å². The monoisotopic (exact) mass is 388 g/mol. The van der Waals surface area contributed by atoms with E-state index in [0.29, 0.717) is 15.6 Å². The zero-order valence-electron chi connectivity index (χ0n) is 14.9. The maximum atomic E-state index is 13.1. The summed E-state index contributed by atoms with van der Waals surface area (Å²) in [7, 11) is 1.61. The largest absolute Gasteiger partial charge is 0.462 e. The Morgan fingerprint density at radius 1 is 1.30 bits per heavy atom. The van der Waals surface area contributed by atoms with Crippen LogP contribution in [0.1, 0.15) is 32.6 Å². The number of thiazole rings is 1. The molecule has 0 spiro atoms. The number of carbonyl (C=O) groups is 2. The van der Waals surface area contributed by atoms with Gasteiger partial charge in [-0.2, -0.15) is 5.10 Å². The van der Waals surface area contributed by atoms with Crippen LogP contribution in [0.3, 0.4) is 0 Å². The lowest BCUT2D eigenvalue weighted by Gasteiger charge is -2.07. The number of anilines is 1. The third-order valence-electron chi connectivity index (χ3n) is 3.76. The second-order valence-electron chi connectivity index (χ2n) is 5.65. The van der Waals surface area contributed by atoms with Crippen LogP contribution in [0, 0.1) is 12.7 Å². The summed E-state index contributed by atoms with van der Waals surface area (Å²) < 4.78 is 19.5. The van der Waals surface area contributed by atoms with Crippen molar-refractivity contribution in [3.63, 3.8) is 0 Å². The van der Waals surface area contributed by atoms with E-state index < -0.39 is 11.9 Å². The van der Waals surface area contributed by atoms with Crippen molar-refractivity contribution in [1.82, 2.24) is 14.8 Å². The third-order valence-corrected chi connectivity index (χ3v) is 4.97. The molecule has 7 nitrogen and oxygen atoms in total. The van der Waals surface area contributed by atoms with Gasteiger partial charge >= 0.3 is 5.97 Å². The Bertz CT molecular complexity index is 995. The lowest BCUT2D eigenvalue weighted by molar-refractivity contribution is 0.0527. The zero-order valence-corrected chi connectivity index (χ0v) is 15.8. The average Bonchev–Trinajstić information content (AvgIpc) is 3.19. The Morgan fingerprint density at radius 2 is 2.00 bits per heavy atom. The molecule has 0 saturated carbocycles. The number of ether oxygens (including phenoxy) is 1. The highest BCUT2D eigenvalue weighted by atomic mass is 32.1. The molecule has 0 aliphatic rings. The highest BCUT2D eigenvalue weighted by Gasteiger charge is 2.22. The molecule has 0 bridgehead atoms. The lowest BCUT2D eigenvalue weighted by Crippen LogP contribution is -2.17. The predicted molar refractivity (Wildman–Crippen MR) is 99.4 cm³/mol. The standard InChI is InChI=1S/C18H17FN4O3S/c1-4-26-18(25)13-9-20-23(3)15(13)22-16(24)14-10(2)21-17(27-14)11-5-7-12(19)8-6-11/h5-9H,4H2,1-3H3,(H,22,24). The average molecular weight is 388 g/mol. The summed E-state index contributed by atoms with van der Waals surface area (Å²) in [4.78, 5) is 29.5. The van der Waals surface area contributed by atoms with E-state index in [1.54, 1.807) is 33.0 Å². The van der Waals surface area contributed by atoms with Gasteiger partial charge in [-0.05, 0) is 38.1 Å². The molecule has 3 aromatic rings. The molecule has 0 fully saturated rings. The van der Waals surface area contributed by atoms with Gasteiger partial charge in [0, 0.05) is 12.6 Å². The molecular formula is C18H17FN4O3S. The van der Waals surface area contributed by atoms with Crippen molar-refractivity contribution in [2.24, 2.45) is 7.05 Å². The second kappa shape index (κ2) is 7.67. The Kier molecular flexibility index (Phi) is 5.31. The van der Waals surface area contributed by atoms with Crippen molar-refractivity contribution >= 4 is 29.0 Å². The summed E-state index contributed by atoms with van der Waals surface area (Å²) in [5.41, 5.74) is 1.43. The number of nitrogens with zero attached hydrogens (tertiary/aromatic N) is 3. The first-order valence-electron chi connectivity index (χ1n) is 8.14. The van der Waals surface area contributed by atoms with Gasteiger partial charge < -0.3 is 10.1 Å². The Balaban J connectivity index is 1.87. The van der Waals surface area contributed by atoms with E-state index in [0.717, 1.165) is 5.56 Å². The van der Waals surface area contributed by atoms with Crippen molar-refractivity contribution in [1.29, 1.82) is 0 Å². The van der Waals surface area contributed by atoms with Gasteiger partial charge in [0.1, 0.15) is 27.1 Å². The van der Waals surface area contributed by atoms with Gasteiger partial charge in [-0.1, -0.05) is 0 Å². The minimum atomic E-state index is -0.561. The normalized spacial score (nSPS) is 10.7. The first-order valence-corrected chi connectivity index (χ1v) is 8.96. The van der Waals surface area contributed by atoms with Crippen LogP contribution in [-0.4, -0.2) is 33.2 Å². The van der Waals surface area contributed by atoms with Gasteiger partial charge in [0.15, 0.2) is 0 Å². The molecule has 0 unspecified atom stereocenters. The van der Waals surface area contributed by atoms with Crippen LogP contribution < -0.4 is 5.32 Å². The van der Waals surface area contributed by atoms with Crippen LogP contribution in [-0.2, 0) is 11.8 Å². The number of rotatable bonds is 5. The van der Waals surface area contributed by atoms with Crippen molar-refractivity contribution in [3.8, 4) is 10.6 Å². The van der Waals surface area contributed by atoms with E-state index in [4.69, 9.17) is 4.74 Å². The lowest BCUT2D eigenvalue weighted by atomic mass is 10.2. The summed E-state index contributed by atoms with van der Waals surface area (Å²) in [5, 5.41) is 7.31. The highest BCUT2D eigenvalue weighted by Crippen LogP contribution is 2.29. The molecule has 27 heavy (non-hydrogen) atoms. The second-order valence-corrected chi connectivity index (χ2v) is 6.64. The van der Waals surface area contributed by atoms with Gasteiger partial charge in [0.25, 0.3) is 5.91 Å². The highest BCUT2D eigenvalue weighted by molar-refractivity contribution is 7.17. The summed E-state index contributed by atoms with van der Waals surface area (Å²) in [6, 6.07) is 5.89. The number of carbonyl (C=O) groups excluding carboxylic acids is 2. The van der Waals surface area contributed by atoms with E-state index in [1.807, 2.05) is 0 Å². The molecule has 0 aliphatic heterocycles. The predicted octanol–water partition coefficient (Wildman–Crippen LogP) is 3.42. The maximum absolute atomic E-state index is 13.1. The number of esters is 1. The van der Waals surface area contributed by atoms with Crippen molar-refractivity contribution in [2.75, 3.05) is 11.9 Å². The molecule has 2 aromatic heterocycles. The fourth-order valence-corrected chi connectivity index (χ4v) is 3.40. The van der Waals surface area contributed by atoms with E-state index in [1.165, 1.54) is 34.3 Å². The number of amides is 1. The van der Waals surface area contributed by atoms with Crippen molar-refractivity contribution in [3.05, 3.63) is 52.4 Å². The van der Waals surface area contributed by atoms with Crippen LogP contribution >= 0.6 is 11.3 Å². The smallest absolute Gasteiger partial charge is 0.343 e. The van der Waals surface area contributed by atoms with E-state index >= 15 is 0 Å². The molecule has 1 aromatic carbocycles. The van der Waals surface area contributed by atoms with E-state index in [2.05, 4.69) is 15.4 Å². The van der Waals surface area contributed by atoms with Crippen molar-refractivity contribution in [2.45, 2.75) is 13.8 Å². The van der Waals surface area contributed by atoms with Crippen molar-refractivity contribution < 1.29 is 18.7 Å². The first-order chi connectivity index (χ1) is 12.9. The number of nitrogens with one attached hydrogen (secondary N) is 1. The van der Waals surface area contributed by atoms with Gasteiger partial charge in [0.2, 0.25) is 0 Å². The molecule has 2 heterocycles. The number of benzene rings is 1. The maximum Gasteiger partial charge on any atom is 0.343 e. The summed E-state index contributed by atoms with van der Waals surface area (Å²) in [6.07, 6.45) is 1.34. The molecule has 3 rings (SSSR count). The number of hydrogen-bond donors (Lipinski definition) is 1. The number of halogens is 1.